The SMILES string of the molecule is COC(OC)[Si]C1CC[Si](C)(C)C1. The van der Waals surface area contributed by atoms with Gasteiger partial charge in [-0.15, -0.1) is 0 Å². The first-order chi connectivity index (χ1) is 6.07. The Labute approximate surface area is 84.8 Å². The van der Waals surface area contributed by atoms with Gasteiger partial charge in [-0.25, -0.2) is 0 Å². The molecule has 76 valence electrons. The quantitative estimate of drug-likeness (QED) is 0.530. The van der Waals surface area contributed by atoms with Crippen LogP contribution in [0.25, 0.3) is 0 Å². The largest absolute Gasteiger partial charge is 0.360 e. The van der Waals surface area contributed by atoms with Crippen LogP contribution in [0.4, 0.5) is 0 Å². The maximum Gasteiger partial charge on any atom is 0.136 e. The van der Waals surface area contributed by atoms with Crippen LogP contribution in [0.5, 0.6) is 0 Å². The standard InChI is InChI=1S/C9H20O2Si2/c1-10-9(11-2)12-8-5-6-13(3,4)7-8/h8-9H,5-7H2,1-4H3. The molecular weight excluding hydrogens is 196 g/mol. The van der Waals surface area contributed by atoms with Gasteiger partial charge in [-0.1, -0.05) is 31.6 Å². The number of ether oxygens (including phenoxy) is 2. The van der Waals surface area contributed by atoms with Gasteiger partial charge in [0.15, 0.2) is 0 Å². The summed E-state index contributed by atoms with van der Waals surface area (Å²) in [6, 6.07) is 2.96. The maximum atomic E-state index is 5.24. The summed E-state index contributed by atoms with van der Waals surface area (Å²) in [5.41, 5.74) is 0.881. The van der Waals surface area contributed by atoms with Crippen molar-refractivity contribution in [3.8, 4) is 0 Å². The molecule has 0 aliphatic carbocycles. The lowest BCUT2D eigenvalue weighted by molar-refractivity contribution is -0.0447. The Morgan fingerprint density at radius 2 is 1.92 bits per heavy atom. The van der Waals surface area contributed by atoms with E-state index in [1.54, 1.807) is 14.2 Å². The van der Waals surface area contributed by atoms with E-state index < -0.39 is 8.07 Å². The van der Waals surface area contributed by atoms with E-state index in [2.05, 4.69) is 13.1 Å². The van der Waals surface area contributed by atoms with Gasteiger partial charge in [0.1, 0.15) is 15.4 Å². The molecule has 0 bridgehead atoms. The third-order valence-corrected chi connectivity index (χ3v) is 8.12. The van der Waals surface area contributed by atoms with Crippen LogP contribution in [0.15, 0.2) is 0 Å². The van der Waals surface area contributed by atoms with Crippen molar-refractivity contribution < 1.29 is 9.47 Å². The second kappa shape index (κ2) is 4.73. The monoisotopic (exact) mass is 216 g/mol. The van der Waals surface area contributed by atoms with Crippen LogP contribution in [0.2, 0.25) is 30.7 Å². The van der Waals surface area contributed by atoms with Gasteiger partial charge in [-0.3, -0.25) is 0 Å². The summed E-state index contributed by atoms with van der Waals surface area (Å²) < 4.78 is 10.5. The minimum absolute atomic E-state index is 0.0490. The van der Waals surface area contributed by atoms with E-state index in [4.69, 9.17) is 9.47 Å². The van der Waals surface area contributed by atoms with Gasteiger partial charge >= 0.3 is 0 Å². The predicted octanol–water partition coefficient (Wildman–Crippen LogP) is 2.17. The molecule has 0 aromatic carbocycles. The molecular formula is C9H20O2Si2. The fourth-order valence-corrected chi connectivity index (χ4v) is 8.26. The van der Waals surface area contributed by atoms with Crippen LogP contribution >= 0.6 is 0 Å². The summed E-state index contributed by atoms with van der Waals surface area (Å²) in [7, 11) is 3.50. The summed E-state index contributed by atoms with van der Waals surface area (Å²) in [6.07, 6.45) is 1.40. The Balaban J connectivity index is 2.31. The van der Waals surface area contributed by atoms with E-state index in [1.807, 2.05) is 0 Å². The van der Waals surface area contributed by atoms with Crippen LogP contribution < -0.4 is 0 Å². The average Bonchev–Trinajstić information content (AvgIpc) is 2.41. The smallest absolute Gasteiger partial charge is 0.136 e. The fraction of sp³-hybridized carbons (Fsp3) is 1.00. The van der Waals surface area contributed by atoms with Crippen molar-refractivity contribution in [2.45, 2.75) is 43.1 Å². The molecule has 1 unspecified atom stereocenters. The van der Waals surface area contributed by atoms with Gasteiger partial charge in [-0.05, 0) is 5.54 Å². The van der Waals surface area contributed by atoms with Crippen LogP contribution in [0.1, 0.15) is 6.42 Å². The molecule has 1 aliphatic rings. The van der Waals surface area contributed by atoms with Crippen LogP contribution in [0, 0.1) is 0 Å². The number of hydrogen-bond donors (Lipinski definition) is 0. The first-order valence-electron chi connectivity index (χ1n) is 4.89. The molecule has 0 N–H and O–H groups in total. The van der Waals surface area contributed by atoms with Crippen molar-refractivity contribution in [1.82, 2.24) is 0 Å². The van der Waals surface area contributed by atoms with E-state index in [-0.39, 0.29) is 5.91 Å². The van der Waals surface area contributed by atoms with E-state index >= 15 is 0 Å². The van der Waals surface area contributed by atoms with E-state index in [0.29, 0.717) is 0 Å². The highest BCUT2D eigenvalue weighted by Gasteiger charge is 2.34. The third kappa shape index (κ3) is 3.54. The number of hydrogen-bond acceptors (Lipinski definition) is 2. The van der Waals surface area contributed by atoms with Crippen molar-refractivity contribution in [1.29, 1.82) is 0 Å². The molecule has 0 saturated carbocycles. The van der Waals surface area contributed by atoms with Crippen molar-refractivity contribution in [3.63, 3.8) is 0 Å². The minimum Gasteiger partial charge on any atom is -0.360 e. The van der Waals surface area contributed by atoms with Crippen LogP contribution in [-0.4, -0.2) is 37.7 Å². The lowest BCUT2D eigenvalue weighted by Crippen LogP contribution is -2.26. The van der Waals surface area contributed by atoms with Crippen LogP contribution in [-0.2, 0) is 9.47 Å². The third-order valence-electron chi connectivity index (χ3n) is 2.77. The van der Waals surface area contributed by atoms with Gasteiger partial charge in [-0.2, -0.15) is 0 Å². The molecule has 0 aromatic heterocycles. The summed E-state index contributed by atoms with van der Waals surface area (Å²) in [5.74, 6) is 0.0490. The van der Waals surface area contributed by atoms with Gasteiger partial charge in [0, 0.05) is 22.3 Å². The molecule has 2 nitrogen and oxygen atoms in total. The summed E-state index contributed by atoms with van der Waals surface area (Å²) in [4.78, 5) is 0. The molecule has 0 aromatic rings. The molecule has 2 radical (unpaired) electrons. The molecule has 0 amide bonds. The van der Waals surface area contributed by atoms with E-state index in [0.717, 1.165) is 15.1 Å². The second-order valence-corrected chi connectivity index (χ2v) is 11.4. The van der Waals surface area contributed by atoms with Crippen molar-refractivity contribution >= 4 is 17.6 Å². The van der Waals surface area contributed by atoms with Gasteiger partial charge in [0.2, 0.25) is 0 Å². The first kappa shape index (κ1) is 11.4. The van der Waals surface area contributed by atoms with Crippen molar-refractivity contribution in [3.05, 3.63) is 0 Å². The van der Waals surface area contributed by atoms with Crippen molar-refractivity contribution in [2.75, 3.05) is 14.2 Å². The normalized spacial score (nSPS) is 27.0. The zero-order valence-corrected chi connectivity index (χ0v) is 11.1. The molecule has 1 heterocycles. The van der Waals surface area contributed by atoms with Gasteiger partial charge in [0.25, 0.3) is 0 Å². The lowest BCUT2D eigenvalue weighted by Gasteiger charge is -2.18. The summed E-state index contributed by atoms with van der Waals surface area (Å²) in [5, 5.41) is 0. The predicted molar refractivity (Wildman–Crippen MR) is 59.0 cm³/mol. The second-order valence-electron chi connectivity index (χ2n) is 4.57. The highest BCUT2D eigenvalue weighted by molar-refractivity contribution is 6.79. The molecule has 1 atom stereocenters. The molecule has 1 rings (SSSR count). The van der Waals surface area contributed by atoms with Crippen molar-refractivity contribution in [2.24, 2.45) is 0 Å². The number of methoxy groups -OCH3 is 2. The van der Waals surface area contributed by atoms with Gasteiger partial charge in [0.05, 0.1) is 0 Å². The topological polar surface area (TPSA) is 18.5 Å². The van der Waals surface area contributed by atoms with Gasteiger partial charge < -0.3 is 9.47 Å². The summed E-state index contributed by atoms with van der Waals surface area (Å²) >= 11 is 0. The fourth-order valence-electron chi connectivity index (χ4n) is 2.00. The Morgan fingerprint density at radius 3 is 2.31 bits per heavy atom. The molecule has 0 spiro atoms. The van der Waals surface area contributed by atoms with Crippen LogP contribution in [0.3, 0.4) is 0 Å². The van der Waals surface area contributed by atoms with E-state index in [1.165, 1.54) is 18.5 Å². The molecule has 4 heteroatoms. The molecule has 1 saturated heterocycles. The molecule has 1 fully saturated rings. The highest BCUT2D eigenvalue weighted by atomic mass is 28.3. The zero-order chi connectivity index (χ0) is 9.90. The average molecular weight is 216 g/mol. The number of rotatable bonds is 4. The minimum atomic E-state index is -0.800. The Hall–Kier alpha value is 0.354. The maximum absolute atomic E-state index is 5.24. The summed E-state index contributed by atoms with van der Waals surface area (Å²) in [6.45, 7) is 4.98. The Morgan fingerprint density at radius 1 is 1.31 bits per heavy atom. The lowest BCUT2D eigenvalue weighted by atomic mass is 10.4. The zero-order valence-electron chi connectivity index (χ0n) is 9.09. The molecule has 1 aliphatic heterocycles. The first-order valence-corrected chi connectivity index (χ1v) is 9.46. The Kier molecular flexibility index (Phi) is 4.16. The Bertz CT molecular complexity index is 158. The highest BCUT2D eigenvalue weighted by Crippen LogP contribution is 2.38. The van der Waals surface area contributed by atoms with E-state index in [9.17, 15) is 0 Å². The molecule has 13 heavy (non-hydrogen) atoms.